The van der Waals surface area contributed by atoms with E-state index in [9.17, 15) is 0 Å². The highest BCUT2D eigenvalue weighted by Crippen LogP contribution is 2.41. The molecule has 148 valence electrons. The van der Waals surface area contributed by atoms with Gasteiger partial charge in [0, 0.05) is 19.0 Å². The van der Waals surface area contributed by atoms with Crippen LogP contribution in [0.5, 0.6) is 0 Å². The molecule has 29 heavy (non-hydrogen) atoms. The number of benzene rings is 1. The first-order chi connectivity index (χ1) is 14.2. The summed E-state index contributed by atoms with van der Waals surface area (Å²) in [4.78, 5) is 2.45. The molecule has 2 atom stereocenters. The molecule has 0 fully saturated rings. The molecule has 1 aliphatic heterocycles. The fourth-order valence-corrected chi connectivity index (χ4v) is 4.88. The standard InChI is InChI=1S/C28H31N/c1-4-24-17-27-18-26(21(3)28(27)19-25(24)5-2)16-22-12-9-14-29(15-13-22)20-23-10-7-6-8-11-23/h7,10-11,17,19,22,26H,3-5,13-16,18,20H2,1-2H3. The van der Waals surface area contributed by atoms with Gasteiger partial charge < -0.3 is 0 Å². The van der Waals surface area contributed by atoms with Gasteiger partial charge in [-0.3, -0.25) is 4.90 Å². The zero-order valence-electron chi connectivity index (χ0n) is 17.9. The van der Waals surface area contributed by atoms with Gasteiger partial charge in [-0.05, 0) is 89.7 Å². The van der Waals surface area contributed by atoms with Crippen LogP contribution in [0.2, 0.25) is 0 Å². The number of allylic oxidation sites excluding steroid dienone is 3. The molecule has 0 saturated heterocycles. The number of nitrogens with zero attached hydrogens (tertiary/aromatic N) is 1. The third-order valence-corrected chi connectivity index (χ3v) is 6.59. The van der Waals surface area contributed by atoms with Crippen LogP contribution in [0.15, 0.2) is 54.0 Å². The summed E-state index contributed by atoms with van der Waals surface area (Å²) in [6.45, 7) is 11.9. The van der Waals surface area contributed by atoms with E-state index in [1.165, 1.54) is 33.4 Å². The molecule has 1 aromatic carbocycles. The monoisotopic (exact) mass is 381 g/mol. The fraction of sp³-hybridized carbons (Fsp3) is 0.429. The Kier molecular flexibility index (Phi) is 6.08. The molecule has 3 aliphatic rings. The Hall–Kier alpha value is -2.48. The molecule has 0 spiro atoms. The third kappa shape index (κ3) is 4.42. The van der Waals surface area contributed by atoms with Gasteiger partial charge in [-0.2, -0.15) is 0 Å². The summed E-state index contributed by atoms with van der Waals surface area (Å²) >= 11 is 0. The van der Waals surface area contributed by atoms with Gasteiger partial charge in [-0.1, -0.05) is 55.9 Å². The molecule has 2 unspecified atom stereocenters. The Morgan fingerprint density at radius 3 is 2.72 bits per heavy atom. The van der Waals surface area contributed by atoms with Crippen molar-refractivity contribution in [3.8, 4) is 11.8 Å². The molecule has 1 heterocycles. The number of fused-ring (bicyclic) bond motifs is 1. The van der Waals surface area contributed by atoms with Gasteiger partial charge in [0.15, 0.2) is 0 Å². The molecule has 2 aliphatic carbocycles. The van der Waals surface area contributed by atoms with Crippen LogP contribution in [0, 0.1) is 23.7 Å². The van der Waals surface area contributed by atoms with Crippen LogP contribution in [0.3, 0.4) is 0 Å². The van der Waals surface area contributed by atoms with Crippen molar-refractivity contribution in [3.63, 3.8) is 0 Å². The van der Waals surface area contributed by atoms with Crippen molar-refractivity contribution in [1.82, 2.24) is 4.90 Å². The molecule has 0 saturated carbocycles. The van der Waals surface area contributed by atoms with Crippen molar-refractivity contribution < 1.29 is 0 Å². The van der Waals surface area contributed by atoms with Crippen molar-refractivity contribution in [2.75, 3.05) is 19.6 Å². The van der Waals surface area contributed by atoms with E-state index >= 15 is 0 Å². The quantitative estimate of drug-likeness (QED) is 0.463. The van der Waals surface area contributed by atoms with Gasteiger partial charge in [0.2, 0.25) is 0 Å². The summed E-state index contributed by atoms with van der Waals surface area (Å²) in [5, 5.41) is 0. The lowest BCUT2D eigenvalue weighted by Crippen LogP contribution is -2.27. The summed E-state index contributed by atoms with van der Waals surface area (Å²) in [6, 6.07) is 4.87. The minimum Gasteiger partial charge on any atom is -0.288 e. The Morgan fingerprint density at radius 1 is 1.14 bits per heavy atom. The number of hydrogen-bond acceptors (Lipinski definition) is 1. The topological polar surface area (TPSA) is 3.24 Å². The maximum atomic E-state index is 4.50. The van der Waals surface area contributed by atoms with Crippen LogP contribution in [0.25, 0.3) is 5.57 Å². The largest absolute Gasteiger partial charge is 0.288 e. The molecule has 0 amide bonds. The second-order valence-electron chi connectivity index (χ2n) is 8.51. The van der Waals surface area contributed by atoms with Crippen LogP contribution in [0.1, 0.15) is 48.9 Å². The Balaban J connectivity index is 1.38. The van der Waals surface area contributed by atoms with E-state index in [-0.39, 0.29) is 0 Å². The first kappa shape index (κ1) is 19.8. The van der Waals surface area contributed by atoms with E-state index in [1.807, 2.05) is 12.2 Å². The zero-order valence-corrected chi connectivity index (χ0v) is 17.9. The van der Waals surface area contributed by atoms with E-state index in [1.54, 1.807) is 0 Å². The highest BCUT2D eigenvalue weighted by molar-refractivity contribution is 5.74. The fourth-order valence-electron chi connectivity index (χ4n) is 4.88. The van der Waals surface area contributed by atoms with Crippen LogP contribution >= 0.6 is 0 Å². The lowest BCUT2D eigenvalue weighted by molar-refractivity contribution is 0.313. The molecule has 0 radical (unpaired) electrons. The van der Waals surface area contributed by atoms with Crippen molar-refractivity contribution >= 4 is 5.57 Å². The maximum Gasteiger partial charge on any atom is 0.0604 e. The van der Waals surface area contributed by atoms with Crippen LogP contribution < -0.4 is 0 Å². The lowest BCUT2D eigenvalue weighted by Gasteiger charge is -2.21. The van der Waals surface area contributed by atoms with E-state index in [0.29, 0.717) is 11.8 Å². The predicted molar refractivity (Wildman–Crippen MR) is 123 cm³/mol. The molecular formula is C28H31N. The Bertz CT molecular complexity index is 997. The molecular weight excluding hydrogens is 350 g/mol. The van der Waals surface area contributed by atoms with Crippen LogP contribution in [0.4, 0.5) is 0 Å². The highest BCUT2D eigenvalue weighted by atomic mass is 15.1. The summed E-state index contributed by atoms with van der Waals surface area (Å²) in [5.41, 5.74) is 14.6. The SMILES string of the molecule is C=C1c2cc(CC)c(CC)cc2CC1CC1C#CCN(CC2=CC=C=C=C2)CC1. The highest BCUT2D eigenvalue weighted by Gasteiger charge is 2.28. The van der Waals surface area contributed by atoms with Crippen molar-refractivity contribution in [2.24, 2.45) is 11.8 Å². The second kappa shape index (κ2) is 8.90. The molecule has 0 aromatic heterocycles. The summed E-state index contributed by atoms with van der Waals surface area (Å²) in [6.07, 6.45) is 11.8. The molecule has 1 aromatic rings. The van der Waals surface area contributed by atoms with Gasteiger partial charge in [-0.15, -0.1) is 0 Å². The van der Waals surface area contributed by atoms with Gasteiger partial charge >= 0.3 is 0 Å². The van der Waals surface area contributed by atoms with Crippen LogP contribution in [-0.4, -0.2) is 24.5 Å². The summed E-state index contributed by atoms with van der Waals surface area (Å²) in [7, 11) is 0. The van der Waals surface area contributed by atoms with E-state index in [4.69, 9.17) is 0 Å². The molecule has 0 bridgehead atoms. The zero-order chi connectivity index (χ0) is 20.2. The first-order valence-electron chi connectivity index (χ1n) is 11.1. The third-order valence-electron chi connectivity index (χ3n) is 6.59. The van der Waals surface area contributed by atoms with E-state index in [2.05, 4.69) is 66.8 Å². The van der Waals surface area contributed by atoms with Crippen molar-refractivity contribution in [2.45, 2.75) is 46.0 Å². The predicted octanol–water partition coefficient (Wildman–Crippen LogP) is 5.52. The van der Waals surface area contributed by atoms with E-state index < -0.39 is 0 Å². The lowest BCUT2D eigenvalue weighted by atomic mass is 9.88. The number of hydrogen-bond donors (Lipinski definition) is 0. The molecule has 0 N–H and O–H groups in total. The minimum atomic E-state index is 0.475. The first-order valence-corrected chi connectivity index (χ1v) is 11.1. The van der Waals surface area contributed by atoms with E-state index in [0.717, 1.165) is 51.7 Å². The molecule has 1 nitrogen and oxygen atoms in total. The average Bonchev–Trinajstić information content (AvgIpc) is 2.90. The van der Waals surface area contributed by atoms with Gasteiger partial charge in [0.05, 0.1) is 6.54 Å². The van der Waals surface area contributed by atoms with Crippen molar-refractivity contribution in [3.05, 3.63) is 76.2 Å². The van der Waals surface area contributed by atoms with Gasteiger partial charge in [0.25, 0.3) is 0 Å². The number of rotatable bonds is 6. The maximum absolute atomic E-state index is 4.50. The minimum absolute atomic E-state index is 0.475. The molecule has 1 heteroatoms. The van der Waals surface area contributed by atoms with Crippen molar-refractivity contribution in [1.29, 1.82) is 0 Å². The Morgan fingerprint density at radius 2 is 1.97 bits per heavy atom. The number of aryl methyl sites for hydroxylation is 2. The summed E-state index contributed by atoms with van der Waals surface area (Å²) < 4.78 is 0. The van der Waals surface area contributed by atoms with Gasteiger partial charge in [0.1, 0.15) is 0 Å². The van der Waals surface area contributed by atoms with Gasteiger partial charge in [-0.25, -0.2) is 0 Å². The van der Waals surface area contributed by atoms with Crippen LogP contribution in [-0.2, 0) is 19.3 Å². The smallest absolute Gasteiger partial charge is 0.0604 e. The summed E-state index contributed by atoms with van der Waals surface area (Å²) in [5.74, 6) is 8.04. The second-order valence-corrected chi connectivity index (χ2v) is 8.51. The normalized spacial score (nSPS) is 22.8. The molecule has 4 rings (SSSR count). The Labute approximate surface area is 176 Å². The average molecular weight is 382 g/mol.